The lowest BCUT2D eigenvalue weighted by Gasteiger charge is -2.31. The van der Waals surface area contributed by atoms with Gasteiger partial charge in [-0.2, -0.15) is 5.10 Å². The fourth-order valence-electron chi connectivity index (χ4n) is 3.21. The second kappa shape index (κ2) is 4.41. The van der Waals surface area contributed by atoms with E-state index >= 15 is 0 Å². The number of amides is 1. The van der Waals surface area contributed by atoms with E-state index in [1.54, 1.807) is 23.1 Å². The third-order valence-electron chi connectivity index (χ3n) is 4.80. The number of halogens is 2. The summed E-state index contributed by atoms with van der Waals surface area (Å²) in [6.07, 6.45) is 2.23. The normalized spacial score (nSPS) is 22.0. The van der Waals surface area contributed by atoms with Gasteiger partial charge in [0.1, 0.15) is 5.69 Å². The average molecular weight is 307 g/mol. The van der Waals surface area contributed by atoms with Crippen LogP contribution in [0.5, 0.6) is 0 Å². The minimum absolute atomic E-state index is 0.0346. The topological polar surface area (TPSA) is 62.1 Å². The average Bonchev–Trinajstić information content (AvgIpc) is 3.00. The molecule has 4 rings (SSSR count). The molecule has 0 unspecified atom stereocenters. The highest BCUT2D eigenvalue weighted by atomic mass is 19.3. The number of likely N-dealkylation sites (tertiary alicyclic amines) is 1. The number of nitrogens with one attached hydrogen (secondary N) is 1. The van der Waals surface area contributed by atoms with Gasteiger partial charge in [-0.05, 0) is 25.0 Å². The van der Waals surface area contributed by atoms with Gasteiger partial charge in [-0.1, -0.05) is 0 Å². The van der Waals surface area contributed by atoms with E-state index in [2.05, 4.69) is 10.2 Å². The molecular weight excluding hydrogens is 292 g/mol. The Labute approximate surface area is 125 Å². The summed E-state index contributed by atoms with van der Waals surface area (Å²) in [5.41, 5.74) is 0.0507. The fourth-order valence-corrected chi connectivity index (χ4v) is 3.21. The molecule has 1 saturated heterocycles. The molecule has 0 bridgehead atoms. The zero-order chi connectivity index (χ0) is 15.4. The van der Waals surface area contributed by atoms with Crippen molar-refractivity contribution in [2.24, 2.45) is 5.41 Å². The standard InChI is InChI=1S/C15H15F2N3O2/c16-15(17)9-14(15)3-5-20(6-4-14)13(21)11-8-10(18-19-11)12-2-1-7-22-12/h1-2,7-8H,3-6,9H2,(H,18,19). The predicted molar refractivity (Wildman–Crippen MR) is 73.4 cm³/mol. The number of H-pyrrole nitrogens is 1. The maximum absolute atomic E-state index is 13.4. The van der Waals surface area contributed by atoms with Crippen molar-refractivity contribution in [3.63, 3.8) is 0 Å². The van der Waals surface area contributed by atoms with Gasteiger partial charge in [-0.3, -0.25) is 9.89 Å². The molecule has 1 N–H and O–H groups in total. The highest BCUT2D eigenvalue weighted by Crippen LogP contribution is 2.65. The molecule has 5 nitrogen and oxygen atoms in total. The van der Waals surface area contributed by atoms with Crippen molar-refractivity contribution >= 4 is 5.91 Å². The predicted octanol–water partition coefficient (Wildman–Crippen LogP) is 2.93. The first-order valence-electron chi connectivity index (χ1n) is 7.27. The van der Waals surface area contributed by atoms with Crippen LogP contribution in [-0.2, 0) is 0 Å². The third kappa shape index (κ3) is 1.95. The molecule has 2 fully saturated rings. The van der Waals surface area contributed by atoms with E-state index in [9.17, 15) is 13.6 Å². The van der Waals surface area contributed by atoms with Crippen LogP contribution in [-0.4, -0.2) is 40.0 Å². The van der Waals surface area contributed by atoms with Gasteiger partial charge in [-0.15, -0.1) is 0 Å². The van der Waals surface area contributed by atoms with Crippen LogP contribution < -0.4 is 0 Å². The number of alkyl halides is 2. The van der Waals surface area contributed by atoms with Gasteiger partial charge in [0.25, 0.3) is 11.8 Å². The minimum Gasteiger partial charge on any atom is -0.463 e. The Morgan fingerprint density at radius 3 is 2.68 bits per heavy atom. The number of carbonyl (C=O) groups excluding carboxylic acids is 1. The smallest absolute Gasteiger partial charge is 0.274 e. The molecule has 1 spiro atoms. The molecule has 2 aromatic heterocycles. The molecule has 3 heterocycles. The number of nitrogens with zero attached hydrogens (tertiary/aromatic N) is 2. The first-order valence-corrected chi connectivity index (χ1v) is 7.27. The summed E-state index contributed by atoms with van der Waals surface area (Å²) in [5, 5.41) is 6.76. The van der Waals surface area contributed by atoms with Crippen molar-refractivity contribution in [1.29, 1.82) is 0 Å². The summed E-state index contributed by atoms with van der Waals surface area (Å²) in [4.78, 5) is 14.0. The maximum atomic E-state index is 13.4. The molecule has 2 aliphatic rings. The first kappa shape index (κ1) is 13.5. The molecular formula is C15H15F2N3O2. The second-order valence-corrected chi connectivity index (χ2v) is 6.10. The number of piperidine rings is 1. The molecule has 0 atom stereocenters. The Balaban J connectivity index is 1.45. The van der Waals surface area contributed by atoms with Crippen molar-refractivity contribution in [3.8, 4) is 11.5 Å². The van der Waals surface area contributed by atoms with Gasteiger partial charge in [0.2, 0.25) is 0 Å². The summed E-state index contributed by atoms with van der Waals surface area (Å²) in [6, 6.07) is 5.14. The largest absolute Gasteiger partial charge is 0.463 e. The number of aromatic amines is 1. The number of furan rings is 1. The fraction of sp³-hybridized carbons (Fsp3) is 0.467. The van der Waals surface area contributed by atoms with Crippen molar-refractivity contribution in [1.82, 2.24) is 15.1 Å². The molecule has 22 heavy (non-hydrogen) atoms. The molecule has 2 aromatic rings. The molecule has 1 aliphatic carbocycles. The van der Waals surface area contributed by atoms with E-state index in [1.807, 2.05) is 0 Å². The summed E-state index contributed by atoms with van der Waals surface area (Å²) >= 11 is 0. The van der Waals surface area contributed by atoms with Gasteiger partial charge in [0.15, 0.2) is 11.5 Å². The van der Waals surface area contributed by atoms with Crippen molar-refractivity contribution in [2.45, 2.75) is 25.2 Å². The monoisotopic (exact) mass is 307 g/mol. The number of rotatable bonds is 2. The zero-order valence-corrected chi connectivity index (χ0v) is 11.8. The van der Waals surface area contributed by atoms with Gasteiger partial charge in [0.05, 0.1) is 6.26 Å². The highest BCUT2D eigenvalue weighted by Gasteiger charge is 2.70. The Hall–Kier alpha value is -2.18. The van der Waals surface area contributed by atoms with Crippen molar-refractivity contribution < 1.29 is 18.0 Å². The number of hydrogen-bond donors (Lipinski definition) is 1. The molecule has 7 heteroatoms. The van der Waals surface area contributed by atoms with Crippen LogP contribution in [0.1, 0.15) is 29.8 Å². The van der Waals surface area contributed by atoms with Gasteiger partial charge < -0.3 is 9.32 Å². The Bertz CT molecular complexity index is 700. The molecule has 1 saturated carbocycles. The molecule has 1 aliphatic heterocycles. The Kier molecular flexibility index (Phi) is 2.70. The van der Waals surface area contributed by atoms with Crippen LogP contribution in [0.2, 0.25) is 0 Å². The van der Waals surface area contributed by atoms with Crippen molar-refractivity contribution in [2.75, 3.05) is 13.1 Å². The zero-order valence-electron chi connectivity index (χ0n) is 11.8. The minimum atomic E-state index is -2.54. The van der Waals surface area contributed by atoms with Crippen LogP contribution in [0.25, 0.3) is 11.5 Å². The van der Waals surface area contributed by atoms with Gasteiger partial charge in [0, 0.05) is 31.0 Å². The SMILES string of the molecule is O=C(c1cc(-c2ccco2)[nH]n1)N1CCC2(CC1)CC2(F)F. The van der Waals surface area contributed by atoms with E-state index in [-0.39, 0.29) is 18.0 Å². The van der Waals surface area contributed by atoms with E-state index in [1.165, 1.54) is 6.26 Å². The van der Waals surface area contributed by atoms with Crippen LogP contribution in [0, 0.1) is 5.41 Å². The summed E-state index contributed by atoms with van der Waals surface area (Å²) in [6.45, 7) is 0.717. The lowest BCUT2D eigenvalue weighted by atomic mass is 9.92. The molecule has 1 amide bonds. The van der Waals surface area contributed by atoms with Gasteiger partial charge in [-0.25, -0.2) is 8.78 Å². The van der Waals surface area contributed by atoms with Crippen LogP contribution in [0.15, 0.2) is 28.9 Å². The molecule has 116 valence electrons. The quantitative estimate of drug-likeness (QED) is 0.928. The van der Waals surface area contributed by atoms with E-state index in [0.29, 0.717) is 37.4 Å². The summed E-state index contributed by atoms with van der Waals surface area (Å²) in [7, 11) is 0. The van der Waals surface area contributed by atoms with Crippen LogP contribution in [0.3, 0.4) is 0 Å². The van der Waals surface area contributed by atoms with Crippen LogP contribution in [0.4, 0.5) is 8.78 Å². The first-order chi connectivity index (χ1) is 10.5. The van der Waals surface area contributed by atoms with E-state index < -0.39 is 11.3 Å². The third-order valence-corrected chi connectivity index (χ3v) is 4.80. The second-order valence-electron chi connectivity index (χ2n) is 6.10. The number of hydrogen-bond acceptors (Lipinski definition) is 3. The van der Waals surface area contributed by atoms with Crippen molar-refractivity contribution in [3.05, 3.63) is 30.2 Å². The van der Waals surface area contributed by atoms with E-state index in [4.69, 9.17) is 4.42 Å². The lowest BCUT2D eigenvalue weighted by Crippen LogP contribution is -2.40. The Morgan fingerprint density at radius 2 is 2.09 bits per heavy atom. The summed E-state index contributed by atoms with van der Waals surface area (Å²) in [5.74, 6) is -2.17. The number of aromatic nitrogens is 2. The summed E-state index contributed by atoms with van der Waals surface area (Å²) < 4.78 is 31.9. The number of carbonyl (C=O) groups is 1. The van der Waals surface area contributed by atoms with Crippen LogP contribution >= 0.6 is 0 Å². The maximum Gasteiger partial charge on any atom is 0.274 e. The van der Waals surface area contributed by atoms with Gasteiger partial charge >= 0.3 is 0 Å². The molecule has 0 aromatic carbocycles. The lowest BCUT2D eigenvalue weighted by molar-refractivity contribution is 0.0282. The Morgan fingerprint density at radius 1 is 1.36 bits per heavy atom. The highest BCUT2D eigenvalue weighted by molar-refractivity contribution is 5.93. The molecule has 0 radical (unpaired) electrons. The van der Waals surface area contributed by atoms with E-state index in [0.717, 1.165) is 0 Å².